The number of pyridine rings is 1. The molecule has 1 heterocycles. The molecule has 0 bridgehead atoms. The second kappa shape index (κ2) is 6.55. The molecular weight excluding hydrogens is 222 g/mol. The Balaban J connectivity index is 1.75. The molecular formula is C15H17N3. The van der Waals surface area contributed by atoms with E-state index in [0.29, 0.717) is 0 Å². The highest BCUT2D eigenvalue weighted by Crippen LogP contribution is 2.06. The number of anilines is 1. The largest absolute Gasteiger partial charge is 0.279 e. The quantitative estimate of drug-likeness (QED) is 0.641. The molecule has 3 nitrogen and oxygen atoms in total. The minimum Gasteiger partial charge on any atom is -0.279 e. The van der Waals surface area contributed by atoms with Crippen LogP contribution in [0.4, 0.5) is 5.69 Å². The molecule has 18 heavy (non-hydrogen) atoms. The van der Waals surface area contributed by atoms with Crippen molar-refractivity contribution in [2.45, 2.75) is 19.8 Å². The number of aromatic nitrogens is 1. The lowest BCUT2D eigenvalue weighted by molar-refractivity contribution is 1.05. The maximum absolute atomic E-state index is 4.18. The summed E-state index contributed by atoms with van der Waals surface area (Å²) in [6.07, 6.45) is 7.34. The molecule has 0 saturated heterocycles. The van der Waals surface area contributed by atoms with Gasteiger partial charge in [0.05, 0.1) is 5.69 Å². The van der Waals surface area contributed by atoms with E-state index in [-0.39, 0.29) is 0 Å². The number of nitrogens with one attached hydrogen (secondary N) is 1. The van der Waals surface area contributed by atoms with Crippen molar-refractivity contribution in [1.29, 1.82) is 0 Å². The van der Waals surface area contributed by atoms with Gasteiger partial charge in [0.15, 0.2) is 0 Å². The number of rotatable bonds is 5. The molecule has 0 amide bonds. The lowest BCUT2D eigenvalue weighted by Crippen LogP contribution is -1.91. The normalized spacial score (nSPS) is 10.7. The Labute approximate surface area is 108 Å². The van der Waals surface area contributed by atoms with E-state index in [4.69, 9.17) is 0 Å². The van der Waals surface area contributed by atoms with Gasteiger partial charge in [-0.3, -0.25) is 10.4 Å². The van der Waals surface area contributed by atoms with Gasteiger partial charge in [-0.15, -0.1) is 0 Å². The third-order valence-corrected chi connectivity index (χ3v) is 2.61. The van der Waals surface area contributed by atoms with Crippen molar-refractivity contribution in [2.75, 3.05) is 5.43 Å². The first-order valence-corrected chi connectivity index (χ1v) is 6.08. The van der Waals surface area contributed by atoms with E-state index in [0.717, 1.165) is 18.5 Å². The molecule has 2 aromatic rings. The molecule has 1 N–H and O–H groups in total. The minimum atomic E-state index is 0.932. The number of benzene rings is 1. The van der Waals surface area contributed by atoms with Crippen LogP contribution in [0.1, 0.15) is 17.5 Å². The summed E-state index contributed by atoms with van der Waals surface area (Å²) in [7, 11) is 0. The molecule has 1 aromatic heterocycles. The summed E-state index contributed by atoms with van der Waals surface area (Å²) in [6, 6.07) is 12.3. The van der Waals surface area contributed by atoms with Gasteiger partial charge < -0.3 is 0 Å². The Morgan fingerprint density at radius 2 is 2.06 bits per heavy atom. The average Bonchev–Trinajstić information content (AvgIpc) is 2.40. The van der Waals surface area contributed by atoms with Gasteiger partial charge in [-0.1, -0.05) is 29.8 Å². The number of hydrazone groups is 1. The molecule has 2 rings (SSSR count). The van der Waals surface area contributed by atoms with Crippen LogP contribution in [-0.4, -0.2) is 11.2 Å². The summed E-state index contributed by atoms with van der Waals surface area (Å²) in [5.74, 6) is 0. The molecule has 0 aliphatic rings. The zero-order chi connectivity index (χ0) is 12.6. The van der Waals surface area contributed by atoms with Crippen molar-refractivity contribution in [3.05, 3.63) is 59.9 Å². The Morgan fingerprint density at radius 1 is 1.22 bits per heavy atom. The molecule has 0 saturated carbocycles. The maximum Gasteiger partial charge on any atom is 0.0592 e. The van der Waals surface area contributed by atoms with Gasteiger partial charge in [-0.05, 0) is 37.5 Å². The fourth-order valence-electron chi connectivity index (χ4n) is 1.71. The Kier molecular flexibility index (Phi) is 4.47. The van der Waals surface area contributed by atoms with Crippen LogP contribution in [0, 0.1) is 6.92 Å². The van der Waals surface area contributed by atoms with E-state index in [2.05, 4.69) is 46.7 Å². The Bertz CT molecular complexity index is 506. The standard InChI is InChI=1S/C15H17N3/c1-13-4-2-5-14(12-13)6-3-9-17-18-15-7-10-16-11-8-15/h2,4-5,7-12H,3,6H2,1H3,(H,16,18)/b17-9-. The zero-order valence-corrected chi connectivity index (χ0v) is 10.5. The van der Waals surface area contributed by atoms with Crippen LogP contribution >= 0.6 is 0 Å². The SMILES string of the molecule is Cc1cccc(CC/C=N\Nc2ccncc2)c1. The van der Waals surface area contributed by atoms with Crippen LogP contribution in [0.2, 0.25) is 0 Å². The molecule has 0 spiro atoms. The summed E-state index contributed by atoms with van der Waals surface area (Å²) < 4.78 is 0. The maximum atomic E-state index is 4.18. The van der Waals surface area contributed by atoms with E-state index in [1.807, 2.05) is 18.3 Å². The van der Waals surface area contributed by atoms with Crippen LogP contribution in [-0.2, 0) is 6.42 Å². The smallest absolute Gasteiger partial charge is 0.0592 e. The highest BCUT2D eigenvalue weighted by atomic mass is 15.3. The van der Waals surface area contributed by atoms with E-state index in [9.17, 15) is 0 Å². The van der Waals surface area contributed by atoms with Crippen LogP contribution in [0.5, 0.6) is 0 Å². The predicted octanol–water partition coefficient (Wildman–Crippen LogP) is 3.42. The molecule has 92 valence electrons. The van der Waals surface area contributed by atoms with Crippen molar-refractivity contribution in [1.82, 2.24) is 4.98 Å². The van der Waals surface area contributed by atoms with Gasteiger partial charge >= 0.3 is 0 Å². The summed E-state index contributed by atoms with van der Waals surface area (Å²) >= 11 is 0. The topological polar surface area (TPSA) is 37.3 Å². The molecule has 0 radical (unpaired) electrons. The first kappa shape index (κ1) is 12.3. The molecule has 3 heteroatoms. The summed E-state index contributed by atoms with van der Waals surface area (Å²) in [5, 5.41) is 4.18. The Morgan fingerprint density at radius 3 is 2.83 bits per heavy atom. The first-order valence-electron chi connectivity index (χ1n) is 6.08. The van der Waals surface area contributed by atoms with Gasteiger partial charge in [-0.2, -0.15) is 5.10 Å². The molecule has 0 fully saturated rings. The van der Waals surface area contributed by atoms with Crippen LogP contribution in [0.25, 0.3) is 0 Å². The third kappa shape index (κ3) is 4.01. The molecule has 0 aliphatic carbocycles. The van der Waals surface area contributed by atoms with Gasteiger partial charge in [-0.25, -0.2) is 0 Å². The van der Waals surface area contributed by atoms with Crippen molar-refractivity contribution in [3.8, 4) is 0 Å². The van der Waals surface area contributed by atoms with Crippen LogP contribution in [0.15, 0.2) is 53.9 Å². The van der Waals surface area contributed by atoms with Gasteiger partial charge in [0.2, 0.25) is 0 Å². The summed E-state index contributed by atoms with van der Waals surface area (Å²) in [5.41, 5.74) is 6.58. The Hall–Kier alpha value is -2.16. The summed E-state index contributed by atoms with van der Waals surface area (Å²) in [6.45, 7) is 2.11. The van der Waals surface area contributed by atoms with Crippen molar-refractivity contribution >= 4 is 11.9 Å². The molecule has 0 unspecified atom stereocenters. The molecule has 0 atom stereocenters. The fraction of sp³-hybridized carbons (Fsp3) is 0.200. The average molecular weight is 239 g/mol. The predicted molar refractivity (Wildman–Crippen MR) is 75.9 cm³/mol. The van der Waals surface area contributed by atoms with Gasteiger partial charge in [0, 0.05) is 18.6 Å². The monoisotopic (exact) mass is 239 g/mol. The number of nitrogens with zero attached hydrogens (tertiary/aromatic N) is 2. The van der Waals surface area contributed by atoms with E-state index >= 15 is 0 Å². The van der Waals surface area contributed by atoms with E-state index < -0.39 is 0 Å². The van der Waals surface area contributed by atoms with Crippen LogP contribution in [0.3, 0.4) is 0 Å². The van der Waals surface area contributed by atoms with E-state index in [1.54, 1.807) is 12.4 Å². The van der Waals surface area contributed by atoms with Gasteiger partial charge in [0.25, 0.3) is 0 Å². The third-order valence-electron chi connectivity index (χ3n) is 2.61. The second-order valence-electron chi connectivity index (χ2n) is 4.19. The summed E-state index contributed by atoms with van der Waals surface area (Å²) in [4.78, 5) is 3.95. The van der Waals surface area contributed by atoms with Crippen molar-refractivity contribution in [3.63, 3.8) is 0 Å². The number of hydrogen-bond acceptors (Lipinski definition) is 3. The van der Waals surface area contributed by atoms with Crippen molar-refractivity contribution in [2.24, 2.45) is 5.10 Å². The lowest BCUT2D eigenvalue weighted by atomic mass is 10.1. The number of hydrogen-bond donors (Lipinski definition) is 1. The second-order valence-corrected chi connectivity index (χ2v) is 4.19. The minimum absolute atomic E-state index is 0.932. The molecule has 0 aliphatic heterocycles. The van der Waals surface area contributed by atoms with Gasteiger partial charge in [0.1, 0.15) is 0 Å². The van der Waals surface area contributed by atoms with Crippen molar-refractivity contribution < 1.29 is 0 Å². The molecule has 1 aromatic carbocycles. The highest BCUT2D eigenvalue weighted by Gasteiger charge is 1.91. The first-order chi connectivity index (χ1) is 8.84. The zero-order valence-electron chi connectivity index (χ0n) is 10.5. The fourth-order valence-corrected chi connectivity index (χ4v) is 1.71. The lowest BCUT2D eigenvalue weighted by Gasteiger charge is -2.00. The highest BCUT2D eigenvalue weighted by molar-refractivity contribution is 5.59. The van der Waals surface area contributed by atoms with E-state index in [1.165, 1.54) is 11.1 Å². The van der Waals surface area contributed by atoms with Crippen LogP contribution < -0.4 is 5.43 Å². The number of aryl methyl sites for hydroxylation is 2.